The second-order valence-corrected chi connectivity index (χ2v) is 4.01. The Morgan fingerprint density at radius 1 is 1.35 bits per heavy atom. The van der Waals surface area contributed by atoms with Crippen molar-refractivity contribution in [1.82, 2.24) is 15.0 Å². The molecule has 20 heavy (non-hydrogen) atoms. The van der Waals surface area contributed by atoms with E-state index < -0.39 is 5.97 Å². The second kappa shape index (κ2) is 6.16. The number of para-hydroxylation sites is 1. The zero-order valence-electron chi connectivity index (χ0n) is 11.2. The molecule has 1 aromatic carbocycles. The second-order valence-electron chi connectivity index (χ2n) is 4.01. The normalized spacial score (nSPS) is 10.5. The number of benzene rings is 1. The topological polar surface area (TPSA) is 86.5 Å². The van der Waals surface area contributed by atoms with E-state index in [1.807, 2.05) is 6.07 Å². The molecule has 1 aromatic heterocycles. The fourth-order valence-corrected chi connectivity index (χ4v) is 1.90. The lowest BCUT2D eigenvalue weighted by Crippen LogP contribution is -2.09. The van der Waals surface area contributed by atoms with E-state index in [0.717, 1.165) is 0 Å². The summed E-state index contributed by atoms with van der Waals surface area (Å²) in [5.74, 6) is -0.564. The molecule has 7 heteroatoms. The fourth-order valence-electron chi connectivity index (χ4n) is 1.90. The van der Waals surface area contributed by atoms with Gasteiger partial charge in [0, 0.05) is 12.7 Å². The number of hydrogen-bond acceptors (Lipinski definition) is 5. The van der Waals surface area contributed by atoms with E-state index in [1.165, 1.54) is 11.8 Å². The molecule has 0 spiro atoms. The van der Waals surface area contributed by atoms with Crippen molar-refractivity contribution in [2.45, 2.75) is 6.54 Å². The summed E-state index contributed by atoms with van der Waals surface area (Å²) in [5, 5.41) is 16.8. The van der Waals surface area contributed by atoms with Crippen molar-refractivity contribution in [3.05, 3.63) is 30.0 Å². The minimum Gasteiger partial charge on any atom is -0.496 e. The first kappa shape index (κ1) is 14.0. The number of aromatic carboxylic acids is 1. The molecule has 0 unspecified atom stereocenters. The Balaban J connectivity index is 2.57. The third-order valence-corrected chi connectivity index (χ3v) is 2.81. The maximum atomic E-state index is 11.3. The number of methoxy groups -OCH3 is 2. The number of carboxylic acid groups (broad SMARTS) is 1. The SMILES string of the molecule is COCCn1nnc(C(=O)O)c1-c1ccccc1OC. The van der Waals surface area contributed by atoms with Crippen LogP contribution in [0.2, 0.25) is 0 Å². The lowest BCUT2D eigenvalue weighted by molar-refractivity contribution is 0.0691. The molecule has 0 aliphatic heterocycles. The van der Waals surface area contributed by atoms with Crippen LogP contribution in [0.25, 0.3) is 11.3 Å². The maximum absolute atomic E-state index is 11.3. The monoisotopic (exact) mass is 277 g/mol. The molecule has 0 amide bonds. The van der Waals surface area contributed by atoms with E-state index in [-0.39, 0.29) is 5.69 Å². The molecule has 106 valence electrons. The van der Waals surface area contributed by atoms with Crippen molar-refractivity contribution < 1.29 is 19.4 Å². The highest BCUT2D eigenvalue weighted by molar-refractivity contribution is 5.93. The van der Waals surface area contributed by atoms with Gasteiger partial charge >= 0.3 is 5.97 Å². The van der Waals surface area contributed by atoms with Gasteiger partial charge in [-0.2, -0.15) is 0 Å². The van der Waals surface area contributed by atoms with Crippen molar-refractivity contribution in [2.24, 2.45) is 0 Å². The van der Waals surface area contributed by atoms with Crippen molar-refractivity contribution in [3.63, 3.8) is 0 Å². The first-order valence-electron chi connectivity index (χ1n) is 5.98. The van der Waals surface area contributed by atoms with Gasteiger partial charge < -0.3 is 14.6 Å². The Morgan fingerprint density at radius 3 is 2.75 bits per heavy atom. The molecule has 1 heterocycles. The van der Waals surface area contributed by atoms with E-state index in [9.17, 15) is 9.90 Å². The predicted molar refractivity (Wildman–Crippen MR) is 70.8 cm³/mol. The van der Waals surface area contributed by atoms with Crippen molar-refractivity contribution in [3.8, 4) is 17.0 Å². The van der Waals surface area contributed by atoms with Gasteiger partial charge in [-0.1, -0.05) is 17.3 Å². The quantitative estimate of drug-likeness (QED) is 0.856. The standard InChI is InChI=1S/C13H15N3O4/c1-19-8-7-16-12(11(13(17)18)14-15-16)9-5-3-4-6-10(9)20-2/h3-6H,7-8H2,1-2H3,(H,17,18). The highest BCUT2D eigenvalue weighted by Gasteiger charge is 2.22. The van der Waals surface area contributed by atoms with Crippen LogP contribution in [0, 0.1) is 0 Å². The highest BCUT2D eigenvalue weighted by atomic mass is 16.5. The average molecular weight is 277 g/mol. The summed E-state index contributed by atoms with van der Waals surface area (Å²) < 4.78 is 11.8. The van der Waals surface area contributed by atoms with Gasteiger partial charge in [-0.3, -0.25) is 0 Å². The number of hydrogen-bond donors (Lipinski definition) is 1. The van der Waals surface area contributed by atoms with Crippen molar-refractivity contribution >= 4 is 5.97 Å². The Bertz CT molecular complexity index is 609. The van der Waals surface area contributed by atoms with Crippen LogP contribution < -0.4 is 4.74 Å². The van der Waals surface area contributed by atoms with Crippen LogP contribution in [0.1, 0.15) is 10.5 Å². The van der Waals surface area contributed by atoms with Crippen LogP contribution in [0.3, 0.4) is 0 Å². The van der Waals surface area contributed by atoms with Gasteiger partial charge in [-0.05, 0) is 12.1 Å². The summed E-state index contributed by atoms with van der Waals surface area (Å²) in [6.07, 6.45) is 0. The third-order valence-electron chi connectivity index (χ3n) is 2.81. The van der Waals surface area contributed by atoms with Crippen molar-refractivity contribution in [2.75, 3.05) is 20.8 Å². The minimum atomic E-state index is -1.13. The third kappa shape index (κ3) is 2.62. The largest absolute Gasteiger partial charge is 0.496 e. The smallest absolute Gasteiger partial charge is 0.358 e. The number of nitrogens with zero attached hydrogens (tertiary/aromatic N) is 3. The molecule has 2 aromatic rings. The van der Waals surface area contributed by atoms with Gasteiger partial charge in [-0.15, -0.1) is 5.10 Å². The molecule has 0 aliphatic rings. The average Bonchev–Trinajstić information content (AvgIpc) is 2.88. The molecule has 0 saturated carbocycles. The molecular formula is C13H15N3O4. The number of ether oxygens (including phenoxy) is 2. The van der Waals surface area contributed by atoms with E-state index in [4.69, 9.17) is 9.47 Å². The first-order chi connectivity index (χ1) is 9.69. The number of rotatable bonds is 6. The van der Waals surface area contributed by atoms with Crippen molar-refractivity contribution in [1.29, 1.82) is 0 Å². The Kier molecular flexibility index (Phi) is 4.31. The molecule has 0 radical (unpaired) electrons. The van der Waals surface area contributed by atoms with E-state index in [1.54, 1.807) is 25.3 Å². The van der Waals surface area contributed by atoms with E-state index in [0.29, 0.717) is 30.2 Å². The number of aromatic nitrogens is 3. The number of carboxylic acids is 1. The summed E-state index contributed by atoms with van der Waals surface area (Å²) in [6.45, 7) is 0.814. The van der Waals surface area contributed by atoms with Gasteiger partial charge in [0.05, 0.1) is 20.3 Å². The molecule has 0 bridgehead atoms. The van der Waals surface area contributed by atoms with E-state index >= 15 is 0 Å². The molecule has 0 atom stereocenters. The van der Waals surface area contributed by atoms with Crippen LogP contribution in [0.15, 0.2) is 24.3 Å². The lowest BCUT2D eigenvalue weighted by atomic mass is 10.1. The van der Waals surface area contributed by atoms with Crippen LogP contribution in [0.4, 0.5) is 0 Å². The molecule has 7 nitrogen and oxygen atoms in total. The summed E-state index contributed by atoms with van der Waals surface area (Å²) in [5.41, 5.74) is 0.936. The summed E-state index contributed by atoms with van der Waals surface area (Å²) in [4.78, 5) is 11.3. The van der Waals surface area contributed by atoms with Crippen LogP contribution in [0.5, 0.6) is 5.75 Å². The molecule has 1 N–H and O–H groups in total. The Morgan fingerprint density at radius 2 is 2.10 bits per heavy atom. The minimum absolute atomic E-state index is 0.106. The van der Waals surface area contributed by atoms with Gasteiger partial charge in [0.15, 0.2) is 5.69 Å². The van der Waals surface area contributed by atoms with Gasteiger partial charge in [-0.25, -0.2) is 9.48 Å². The Hall–Kier alpha value is -2.41. The number of carbonyl (C=O) groups is 1. The zero-order valence-corrected chi connectivity index (χ0v) is 11.2. The van der Waals surface area contributed by atoms with Crippen LogP contribution in [-0.2, 0) is 11.3 Å². The maximum Gasteiger partial charge on any atom is 0.358 e. The van der Waals surface area contributed by atoms with Crippen LogP contribution >= 0.6 is 0 Å². The van der Waals surface area contributed by atoms with Crippen LogP contribution in [-0.4, -0.2) is 46.9 Å². The zero-order chi connectivity index (χ0) is 14.5. The van der Waals surface area contributed by atoms with Gasteiger partial charge in [0.25, 0.3) is 0 Å². The predicted octanol–water partition coefficient (Wildman–Crippen LogP) is 1.30. The molecule has 0 saturated heterocycles. The molecule has 0 fully saturated rings. The Labute approximate surface area is 115 Å². The summed E-state index contributed by atoms with van der Waals surface area (Å²) >= 11 is 0. The highest BCUT2D eigenvalue weighted by Crippen LogP contribution is 2.31. The van der Waals surface area contributed by atoms with Gasteiger partial charge in [0.2, 0.25) is 0 Å². The molecule has 0 aliphatic carbocycles. The first-order valence-corrected chi connectivity index (χ1v) is 5.98. The fraction of sp³-hybridized carbons (Fsp3) is 0.308. The van der Waals surface area contributed by atoms with E-state index in [2.05, 4.69) is 10.3 Å². The van der Waals surface area contributed by atoms with Gasteiger partial charge in [0.1, 0.15) is 11.4 Å². The molecule has 2 rings (SSSR count). The summed E-state index contributed by atoms with van der Waals surface area (Å²) in [7, 11) is 3.10. The molecular weight excluding hydrogens is 262 g/mol. The summed E-state index contributed by atoms with van der Waals surface area (Å²) in [6, 6.07) is 7.14. The lowest BCUT2D eigenvalue weighted by Gasteiger charge is -2.10.